The summed E-state index contributed by atoms with van der Waals surface area (Å²) in [6, 6.07) is 1.66. The van der Waals surface area contributed by atoms with E-state index in [1.54, 1.807) is 19.3 Å². The van der Waals surface area contributed by atoms with Crippen LogP contribution >= 0.6 is 0 Å². The number of pyridine rings is 1. The summed E-state index contributed by atoms with van der Waals surface area (Å²) in [5, 5.41) is 2.88. The Kier molecular flexibility index (Phi) is 4.10. The molecule has 1 aliphatic carbocycles. The molecule has 2 N–H and O–H groups in total. The average Bonchev–Trinajstić information content (AvgIpc) is 3.17. The zero-order valence-corrected chi connectivity index (χ0v) is 12.3. The third-order valence-corrected chi connectivity index (χ3v) is 5.15. The third kappa shape index (κ3) is 3.25. The summed E-state index contributed by atoms with van der Waals surface area (Å²) in [5.74, 6) is 0. The van der Waals surface area contributed by atoms with Gasteiger partial charge in [0.2, 0.25) is 10.0 Å². The van der Waals surface area contributed by atoms with Crippen LogP contribution in [0.5, 0.6) is 0 Å². The van der Waals surface area contributed by atoms with Crippen LogP contribution in [0.15, 0.2) is 23.4 Å². The predicted molar refractivity (Wildman–Crippen MR) is 75.5 cm³/mol. The Bertz CT molecular complexity index is 539. The number of aromatic nitrogens is 1. The van der Waals surface area contributed by atoms with Gasteiger partial charge < -0.3 is 5.32 Å². The van der Waals surface area contributed by atoms with Crippen molar-refractivity contribution >= 4 is 15.7 Å². The molecule has 1 fully saturated rings. The first-order valence-electron chi connectivity index (χ1n) is 6.64. The smallest absolute Gasteiger partial charge is 0.244 e. The molecule has 0 unspecified atom stereocenters. The van der Waals surface area contributed by atoms with Crippen LogP contribution in [0.25, 0.3) is 0 Å². The lowest BCUT2D eigenvalue weighted by Gasteiger charge is -2.16. The van der Waals surface area contributed by atoms with Crippen molar-refractivity contribution in [3.63, 3.8) is 0 Å². The Hall–Kier alpha value is -1.14. The lowest BCUT2D eigenvalue weighted by Crippen LogP contribution is -2.30. The van der Waals surface area contributed by atoms with Crippen LogP contribution in [0.1, 0.15) is 32.6 Å². The topological polar surface area (TPSA) is 71.1 Å². The first kappa shape index (κ1) is 14.3. The average molecular weight is 283 g/mol. The van der Waals surface area contributed by atoms with Crippen molar-refractivity contribution in [1.82, 2.24) is 9.71 Å². The molecule has 1 aromatic heterocycles. The van der Waals surface area contributed by atoms with Crippen LogP contribution in [-0.4, -0.2) is 27.0 Å². The van der Waals surface area contributed by atoms with Crippen LogP contribution in [0.4, 0.5) is 5.69 Å². The van der Waals surface area contributed by atoms with Gasteiger partial charge in [-0.15, -0.1) is 0 Å². The van der Waals surface area contributed by atoms with Crippen LogP contribution in [-0.2, 0) is 10.0 Å². The number of sulfonamides is 1. The van der Waals surface area contributed by atoms with E-state index in [0.717, 1.165) is 25.7 Å². The molecule has 106 valence electrons. The van der Waals surface area contributed by atoms with E-state index >= 15 is 0 Å². The van der Waals surface area contributed by atoms with Crippen molar-refractivity contribution in [2.24, 2.45) is 5.41 Å². The number of hydrogen-bond donors (Lipinski definition) is 2. The Morgan fingerprint density at radius 3 is 2.74 bits per heavy atom. The fourth-order valence-electron chi connectivity index (χ4n) is 2.35. The Morgan fingerprint density at radius 1 is 1.42 bits per heavy atom. The SMILES string of the molecule is CCCC1(CNS(=O)(=O)c2cnccc2NC)CC1. The van der Waals surface area contributed by atoms with E-state index in [9.17, 15) is 8.42 Å². The Balaban J connectivity index is 2.10. The fraction of sp³-hybridized carbons (Fsp3) is 0.615. The molecule has 5 nitrogen and oxygen atoms in total. The van der Waals surface area contributed by atoms with Crippen LogP contribution in [0.3, 0.4) is 0 Å². The highest BCUT2D eigenvalue weighted by atomic mass is 32.2. The zero-order chi connectivity index (χ0) is 13.9. The van der Waals surface area contributed by atoms with Gasteiger partial charge in [0.05, 0.1) is 5.69 Å². The summed E-state index contributed by atoms with van der Waals surface area (Å²) < 4.78 is 27.3. The summed E-state index contributed by atoms with van der Waals surface area (Å²) in [7, 11) is -1.79. The molecule has 0 aromatic carbocycles. The van der Waals surface area contributed by atoms with Gasteiger partial charge in [0.15, 0.2) is 0 Å². The molecule has 0 atom stereocenters. The standard InChI is InChI=1S/C13H21N3O2S/c1-3-5-13(6-7-13)10-16-19(17,18)12-9-15-8-4-11(12)14-2/h4,8-9,16H,3,5-7,10H2,1-2H3,(H,14,15). The minimum atomic E-state index is -3.49. The third-order valence-electron chi connectivity index (χ3n) is 3.72. The van der Waals surface area contributed by atoms with Gasteiger partial charge in [0.1, 0.15) is 4.90 Å². The molecule has 0 bridgehead atoms. The molecule has 1 saturated carbocycles. The zero-order valence-electron chi connectivity index (χ0n) is 11.4. The first-order chi connectivity index (χ1) is 9.03. The molecule has 19 heavy (non-hydrogen) atoms. The number of nitrogens with one attached hydrogen (secondary N) is 2. The van der Waals surface area contributed by atoms with Gasteiger partial charge in [-0.05, 0) is 30.7 Å². The molecule has 0 aliphatic heterocycles. The maximum atomic E-state index is 12.3. The van der Waals surface area contributed by atoms with Crippen molar-refractivity contribution < 1.29 is 8.42 Å². The van der Waals surface area contributed by atoms with E-state index in [4.69, 9.17) is 0 Å². The number of anilines is 1. The molecule has 1 aromatic rings. The molecule has 0 spiro atoms. The van der Waals surface area contributed by atoms with Gasteiger partial charge in [-0.2, -0.15) is 0 Å². The van der Waals surface area contributed by atoms with Gasteiger partial charge in [-0.3, -0.25) is 4.98 Å². The van der Waals surface area contributed by atoms with Crippen LogP contribution < -0.4 is 10.0 Å². The van der Waals surface area contributed by atoms with Crippen molar-refractivity contribution in [2.45, 2.75) is 37.5 Å². The molecule has 1 aliphatic rings. The van der Waals surface area contributed by atoms with Crippen molar-refractivity contribution in [3.8, 4) is 0 Å². The minimum Gasteiger partial charge on any atom is -0.387 e. The number of hydrogen-bond acceptors (Lipinski definition) is 4. The highest BCUT2D eigenvalue weighted by Gasteiger charge is 2.42. The summed E-state index contributed by atoms with van der Waals surface area (Å²) in [5.41, 5.74) is 0.770. The van der Waals surface area contributed by atoms with E-state index in [0.29, 0.717) is 12.2 Å². The van der Waals surface area contributed by atoms with Crippen LogP contribution in [0, 0.1) is 5.41 Å². The molecule has 0 radical (unpaired) electrons. The molecular weight excluding hydrogens is 262 g/mol. The van der Waals surface area contributed by atoms with E-state index < -0.39 is 10.0 Å². The number of nitrogens with zero attached hydrogens (tertiary/aromatic N) is 1. The van der Waals surface area contributed by atoms with Gasteiger partial charge in [-0.25, -0.2) is 13.1 Å². The van der Waals surface area contributed by atoms with E-state index in [-0.39, 0.29) is 10.3 Å². The second-order valence-corrected chi connectivity index (χ2v) is 6.93. The summed E-state index contributed by atoms with van der Waals surface area (Å²) in [6.45, 7) is 2.66. The largest absolute Gasteiger partial charge is 0.387 e. The maximum Gasteiger partial charge on any atom is 0.244 e. The van der Waals surface area contributed by atoms with Gasteiger partial charge in [0, 0.05) is 26.0 Å². The van der Waals surface area contributed by atoms with E-state index in [2.05, 4.69) is 21.9 Å². The summed E-state index contributed by atoms with van der Waals surface area (Å²) in [6.07, 6.45) is 7.38. The lowest BCUT2D eigenvalue weighted by molar-refractivity contribution is 0.449. The molecule has 2 rings (SSSR count). The first-order valence-corrected chi connectivity index (χ1v) is 8.13. The van der Waals surface area contributed by atoms with Gasteiger partial charge >= 0.3 is 0 Å². The molecular formula is C13H21N3O2S. The normalized spacial score (nSPS) is 17.2. The van der Waals surface area contributed by atoms with Crippen molar-refractivity contribution in [3.05, 3.63) is 18.5 Å². The predicted octanol–water partition coefficient (Wildman–Crippen LogP) is 1.98. The summed E-state index contributed by atoms with van der Waals surface area (Å²) in [4.78, 5) is 4.11. The highest BCUT2D eigenvalue weighted by molar-refractivity contribution is 7.89. The molecule has 1 heterocycles. The molecule has 0 saturated heterocycles. The van der Waals surface area contributed by atoms with Crippen molar-refractivity contribution in [1.29, 1.82) is 0 Å². The maximum absolute atomic E-state index is 12.3. The molecule has 0 amide bonds. The number of rotatable bonds is 7. The van der Waals surface area contributed by atoms with E-state index in [1.807, 2.05) is 0 Å². The minimum absolute atomic E-state index is 0.198. The monoisotopic (exact) mass is 283 g/mol. The Morgan fingerprint density at radius 2 is 2.16 bits per heavy atom. The van der Waals surface area contributed by atoms with Gasteiger partial charge in [0.25, 0.3) is 0 Å². The quantitative estimate of drug-likeness (QED) is 0.802. The lowest BCUT2D eigenvalue weighted by atomic mass is 10.0. The van der Waals surface area contributed by atoms with E-state index in [1.165, 1.54) is 6.20 Å². The fourth-order valence-corrected chi connectivity index (χ4v) is 3.66. The highest BCUT2D eigenvalue weighted by Crippen LogP contribution is 2.49. The summed E-state index contributed by atoms with van der Waals surface area (Å²) >= 11 is 0. The second-order valence-electron chi connectivity index (χ2n) is 5.20. The second kappa shape index (κ2) is 5.46. The van der Waals surface area contributed by atoms with Crippen molar-refractivity contribution in [2.75, 3.05) is 18.9 Å². The molecule has 6 heteroatoms. The Labute approximate surface area is 114 Å². The van der Waals surface area contributed by atoms with Gasteiger partial charge in [-0.1, -0.05) is 13.3 Å². The van der Waals surface area contributed by atoms with Crippen LogP contribution in [0.2, 0.25) is 0 Å².